The summed E-state index contributed by atoms with van der Waals surface area (Å²) in [5.41, 5.74) is 2.19. The maximum absolute atomic E-state index is 14.0. The average Bonchev–Trinajstić information content (AvgIpc) is 3.43. The highest BCUT2D eigenvalue weighted by Crippen LogP contribution is 2.37. The van der Waals surface area contributed by atoms with Gasteiger partial charge in [0.1, 0.15) is 5.82 Å². The van der Waals surface area contributed by atoms with Gasteiger partial charge in [0.25, 0.3) is 0 Å². The molecule has 1 aromatic carbocycles. The molecule has 2 fully saturated rings. The number of hydrogen-bond donors (Lipinski definition) is 0. The SMILES string of the molecule is C=C(C(C)C)[C@H](CN(CC1CC1)CC1CC1)c1ccc(Cl)c(F)c1. The summed E-state index contributed by atoms with van der Waals surface area (Å²) >= 11 is 5.88. The molecule has 132 valence electrons. The summed E-state index contributed by atoms with van der Waals surface area (Å²) in [5, 5.41) is 0.195. The van der Waals surface area contributed by atoms with Crippen LogP contribution >= 0.6 is 11.6 Å². The highest BCUT2D eigenvalue weighted by molar-refractivity contribution is 6.30. The van der Waals surface area contributed by atoms with Gasteiger partial charge in [0.15, 0.2) is 0 Å². The van der Waals surface area contributed by atoms with E-state index in [9.17, 15) is 4.39 Å². The Morgan fingerprint density at radius 3 is 2.25 bits per heavy atom. The summed E-state index contributed by atoms with van der Waals surface area (Å²) in [4.78, 5) is 2.61. The summed E-state index contributed by atoms with van der Waals surface area (Å²) in [6.07, 6.45) is 5.47. The summed E-state index contributed by atoms with van der Waals surface area (Å²) < 4.78 is 14.0. The molecule has 0 radical (unpaired) electrons. The zero-order chi connectivity index (χ0) is 17.3. The lowest BCUT2D eigenvalue weighted by atomic mass is 9.85. The summed E-state index contributed by atoms with van der Waals surface area (Å²) in [6, 6.07) is 5.25. The molecule has 0 aliphatic heterocycles. The molecule has 0 unspecified atom stereocenters. The van der Waals surface area contributed by atoms with Gasteiger partial charge >= 0.3 is 0 Å². The first-order chi connectivity index (χ1) is 11.4. The normalized spacial score (nSPS) is 19.1. The largest absolute Gasteiger partial charge is 0.302 e. The lowest BCUT2D eigenvalue weighted by Gasteiger charge is -2.31. The number of halogens is 2. The predicted octanol–water partition coefficient (Wildman–Crippen LogP) is 5.90. The van der Waals surface area contributed by atoms with Crippen molar-refractivity contribution in [1.82, 2.24) is 4.90 Å². The number of hydrogen-bond acceptors (Lipinski definition) is 1. The Bertz CT molecular complexity index is 576. The van der Waals surface area contributed by atoms with Crippen LogP contribution in [0.15, 0.2) is 30.4 Å². The topological polar surface area (TPSA) is 3.24 Å². The molecule has 3 heteroatoms. The first kappa shape index (κ1) is 17.9. The predicted molar refractivity (Wildman–Crippen MR) is 100 cm³/mol. The van der Waals surface area contributed by atoms with Crippen molar-refractivity contribution in [3.8, 4) is 0 Å². The monoisotopic (exact) mass is 349 g/mol. The number of nitrogens with zero attached hydrogens (tertiary/aromatic N) is 1. The van der Waals surface area contributed by atoms with E-state index in [1.54, 1.807) is 12.1 Å². The van der Waals surface area contributed by atoms with Crippen molar-refractivity contribution in [2.75, 3.05) is 19.6 Å². The third-order valence-corrected chi connectivity index (χ3v) is 5.71. The van der Waals surface area contributed by atoms with E-state index < -0.39 is 0 Å². The fourth-order valence-electron chi connectivity index (χ4n) is 3.38. The maximum atomic E-state index is 14.0. The van der Waals surface area contributed by atoms with Crippen molar-refractivity contribution in [3.63, 3.8) is 0 Å². The van der Waals surface area contributed by atoms with Gasteiger partial charge in [0, 0.05) is 25.6 Å². The molecular weight excluding hydrogens is 321 g/mol. The molecule has 0 N–H and O–H groups in total. The van der Waals surface area contributed by atoms with Gasteiger partial charge in [-0.05, 0) is 61.1 Å². The first-order valence-corrected chi connectivity index (χ1v) is 9.67. The fraction of sp³-hybridized carbons (Fsp3) is 0.619. The lowest BCUT2D eigenvalue weighted by Crippen LogP contribution is -2.33. The zero-order valence-electron chi connectivity index (χ0n) is 14.9. The zero-order valence-corrected chi connectivity index (χ0v) is 15.7. The van der Waals surface area contributed by atoms with E-state index in [-0.39, 0.29) is 16.8 Å². The van der Waals surface area contributed by atoms with E-state index in [4.69, 9.17) is 11.6 Å². The van der Waals surface area contributed by atoms with Gasteiger partial charge in [0.05, 0.1) is 5.02 Å². The van der Waals surface area contributed by atoms with Crippen molar-refractivity contribution in [2.45, 2.75) is 45.4 Å². The molecule has 0 spiro atoms. The lowest BCUT2D eigenvalue weighted by molar-refractivity contribution is 0.241. The van der Waals surface area contributed by atoms with Crippen LogP contribution in [0.1, 0.15) is 51.0 Å². The van der Waals surface area contributed by atoms with Crippen LogP contribution in [-0.4, -0.2) is 24.5 Å². The molecule has 0 heterocycles. The molecule has 24 heavy (non-hydrogen) atoms. The third kappa shape index (κ3) is 4.83. The Hall–Kier alpha value is -0.860. The van der Waals surface area contributed by atoms with E-state index in [0.29, 0.717) is 5.92 Å². The maximum Gasteiger partial charge on any atom is 0.142 e. The average molecular weight is 350 g/mol. The van der Waals surface area contributed by atoms with Gasteiger partial charge in [-0.1, -0.05) is 43.7 Å². The summed E-state index contributed by atoms with van der Waals surface area (Å²) in [6.45, 7) is 12.0. The molecule has 1 atom stereocenters. The van der Waals surface area contributed by atoms with E-state index >= 15 is 0 Å². The molecule has 2 saturated carbocycles. The van der Waals surface area contributed by atoms with Crippen LogP contribution in [0.3, 0.4) is 0 Å². The van der Waals surface area contributed by atoms with Gasteiger partial charge in [-0.3, -0.25) is 0 Å². The molecule has 0 aromatic heterocycles. The molecule has 1 aromatic rings. The van der Waals surface area contributed by atoms with E-state index in [1.165, 1.54) is 44.3 Å². The minimum absolute atomic E-state index is 0.175. The molecular formula is C21H29ClFN. The second kappa shape index (κ2) is 7.58. The smallest absolute Gasteiger partial charge is 0.142 e. The second-order valence-electron chi connectivity index (χ2n) is 8.06. The Morgan fingerprint density at radius 2 is 1.79 bits per heavy atom. The Morgan fingerprint density at radius 1 is 1.21 bits per heavy atom. The molecule has 0 amide bonds. The summed E-state index contributed by atoms with van der Waals surface area (Å²) in [5.74, 6) is 1.98. The summed E-state index contributed by atoms with van der Waals surface area (Å²) in [7, 11) is 0. The molecule has 3 rings (SSSR count). The fourth-order valence-corrected chi connectivity index (χ4v) is 3.50. The van der Waals surface area contributed by atoms with Crippen molar-refractivity contribution in [3.05, 3.63) is 46.8 Å². The van der Waals surface area contributed by atoms with E-state index in [1.807, 2.05) is 6.07 Å². The van der Waals surface area contributed by atoms with E-state index in [2.05, 4.69) is 25.3 Å². The van der Waals surface area contributed by atoms with Crippen molar-refractivity contribution >= 4 is 11.6 Å². The van der Waals surface area contributed by atoms with E-state index in [0.717, 1.165) is 23.9 Å². The van der Waals surface area contributed by atoms with Crippen LogP contribution in [0.25, 0.3) is 0 Å². The van der Waals surface area contributed by atoms with Crippen LogP contribution in [0.4, 0.5) is 4.39 Å². The van der Waals surface area contributed by atoms with Crippen molar-refractivity contribution in [2.24, 2.45) is 17.8 Å². The number of benzene rings is 1. The Kier molecular flexibility index (Phi) is 5.66. The van der Waals surface area contributed by atoms with Crippen LogP contribution in [0, 0.1) is 23.6 Å². The quantitative estimate of drug-likeness (QED) is 0.502. The number of rotatable bonds is 9. The Labute approximate surface area is 150 Å². The van der Waals surface area contributed by atoms with Crippen LogP contribution in [0.2, 0.25) is 5.02 Å². The third-order valence-electron chi connectivity index (χ3n) is 5.40. The van der Waals surface area contributed by atoms with Gasteiger partial charge in [-0.2, -0.15) is 0 Å². The van der Waals surface area contributed by atoms with Crippen LogP contribution in [-0.2, 0) is 0 Å². The molecule has 2 aliphatic rings. The molecule has 0 bridgehead atoms. The van der Waals surface area contributed by atoms with Gasteiger partial charge in [0.2, 0.25) is 0 Å². The standard InChI is InChI=1S/C21H29ClFN/c1-14(2)15(3)19(18-8-9-20(22)21(23)10-18)13-24(11-16-4-5-16)12-17-6-7-17/h8-10,14,16-17,19H,3-7,11-13H2,1-2H3/t19-/m0/s1. The van der Waals surface area contributed by atoms with Crippen LogP contribution in [0.5, 0.6) is 0 Å². The molecule has 2 aliphatic carbocycles. The van der Waals surface area contributed by atoms with Crippen molar-refractivity contribution < 1.29 is 4.39 Å². The van der Waals surface area contributed by atoms with Gasteiger partial charge < -0.3 is 4.90 Å². The highest BCUT2D eigenvalue weighted by Gasteiger charge is 2.31. The second-order valence-corrected chi connectivity index (χ2v) is 8.47. The van der Waals surface area contributed by atoms with Gasteiger partial charge in [-0.15, -0.1) is 0 Å². The minimum atomic E-state index is -0.327. The minimum Gasteiger partial charge on any atom is -0.302 e. The van der Waals surface area contributed by atoms with Crippen molar-refractivity contribution in [1.29, 1.82) is 0 Å². The Balaban J connectivity index is 1.78. The highest BCUT2D eigenvalue weighted by atomic mass is 35.5. The molecule has 1 nitrogen and oxygen atoms in total. The molecule has 0 saturated heterocycles. The van der Waals surface area contributed by atoms with Crippen LogP contribution < -0.4 is 0 Å². The first-order valence-electron chi connectivity index (χ1n) is 9.30. The van der Waals surface area contributed by atoms with Gasteiger partial charge in [-0.25, -0.2) is 4.39 Å².